The highest BCUT2D eigenvalue weighted by Crippen LogP contribution is 2.50. The van der Waals surface area contributed by atoms with Crippen molar-refractivity contribution in [2.24, 2.45) is 22.7 Å². The zero-order valence-electron chi connectivity index (χ0n) is 38.7. The minimum absolute atomic E-state index is 0.0212. The van der Waals surface area contributed by atoms with Gasteiger partial charge in [-0.15, -0.1) is 0 Å². The van der Waals surface area contributed by atoms with Crippen molar-refractivity contribution >= 4 is 33.5 Å². The van der Waals surface area contributed by atoms with E-state index in [1.54, 1.807) is 0 Å². The summed E-state index contributed by atoms with van der Waals surface area (Å²) in [6.07, 6.45) is 25.8. The van der Waals surface area contributed by atoms with Crippen LogP contribution in [0.25, 0.3) is 21.5 Å². The number of esters is 1. The van der Waals surface area contributed by atoms with Gasteiger partial charge in [-0.1, -0.05) is 62.1 Å². The number of fused-ring (bicyclic) bond motifs is 2. The summed E-state index contributed by atoms with van der Waals surface area (Å²) in [5, 5.41) is 14.2. The molecule has 1 N–H and O–H groups in total. The molecule has 2 aliphatic heterocycles. The molecular formula is C56H74N2O6. The molecule has 10 rings (SSSR count). The van der Waals surface area contributed by atoms with Gasteiger partial charge in [0.1, 0.15) is 11.5 Å². The largest absolute Gasteiger partial charge is 0.490 e. The molecule has 2 saturated heterocycles. The third-order valence-electron chi connectivity index (χ3n) is 16.6. The van der Waals surface area contributed by atoms with Gasteiger partial charge in [-0.3, -0.25) is 19.4 Å². The smallest absolute Gasteiger partial charge is 0.309 e. The number of aliphatic carboxylic acids is 1. The molecule has 4 aromatic rings. The number of likely N-dealkylation sites (tertiary alicyclic amines) is 2. The summed E-state index contributed by atoms with van der Waals surface area (Å²) in [7, 11) is 0. The molecule has 0 aromatic heterocycles. The molecule has 344 valence electrons. The number of piperidine rings is 2. The molecule has 2 heterocycles. The summed E-state index contributed by atoms with van der Waals surface area (Å²) in [4.78, 5) is 27.9. The zero-order chi connectivity index (χ0) is 43.9. The van der Waals surface area contributed by atoms with Gasteiger partial charge in [-0.05, 0) is 216 Å². The molecular weight excluding hydrogens is 797 g/mol. The van der Waals surface area contributed by atoms with Gasteiger partial charge in [0.05, 0.1) is 30.7 Å². The number of ether oxygens (including phenoxy) is 3. The Morgan fingerprint density at radius 1 is 0.531 bits per heavy atom. The van der Waals surface area contributed by atoms with E-state index in [4.69, 9.17) is 14.2 Å². The Kier molecular flexibility index (Phi) is 14.5. The highest BCUT2D eigenvalue weighted by molar-refractivity contribution is 5.85. The Hall–Kier alpha value is -4.14. The molecule has 0 unspecified atom stereocenters. The van der Waals surface area contributed by atoms with E-state index in [0.717, 1.165) is 76.5 Å². The van der Waals surface area contributed by atoms with Crippen molar-refractivity contribution in [1.82, 2.24) is 9.80 Å². The number of carboxylic acids is 1. The monoisotopic (exact) mass is 871 g/mol. The van der Waals surface area contributed by atoms with Crippen LogP contribution in [-0.2, 0) is 27.4 Å². The number of benzene rings is 4. The molecule has 0 bridgehead atoms. The first-order valence-corrected chi connectivity index (χ1v) is 25.4. The number of nitrogens with zero attached hydrogens (tertiary/aromatic N) is 2. The van der Waals surface area contributed by atoms with E-state index in [9.17, 15) is 14.7 Å². The average Bonchev–Trinajstić information content (AvgIpc) is 3.98. The van der Waals surface area contributed by atoms with Crippen molar-refractivity contribution in [3.8, 4) is 11.5 Å². The second-order valence-electron chi connectivity index (χ2n) is 20.9. The third kappa shape index (κ3) is 11.3. The van der Waals surface area contributed by atoms with Crippen LogP contribution in [0, 0.1) is 22.7 Å². The molecule has 8 nitrogen and oxygen atoms in total. The van der Waals surface area contributed by atoms with E-state index in [2.05, 4.69) is 82.6 Å². The Balaban J connectivity index is 0.000000162. The molecule has 6 fully saturated rings. The van der Waals surface area contributed by atoms with Gasteiger partial charge in [0.15, 0.2) is 0 Å². The number of carbonyl (C=O) groups excluding carboxylic acids is 1. The molecule has 2 spiro atoms. The molecule has 4 aliphatic carbocycles. The topological polar surface area (TPSA) is 88.5 Å². The quantitative estimate of drug-likeness (QED) is 0.149. The van der Waals surface area contributed by atoms with Crippen molar-refractivity contribution in [3.63, 3.8) is 0 Å². The Labute approximate surface area is 382 Å². The van der Waals surface area contributed by atoms with E-state index >= 15 is 0 Å². The summed E-state index contributed by atoms with van der Waals surface area (Å²) in [5.41, 5.74) is 3.94. The van der Waals surface area contributed by atoms with Gasteiger partial charge in [0.2, 0.25) is 0 Å². The lowest BCUT2D eigenvalue weighted by Gasteiger charge is -2.37. The van der Waals surface area contributed by atoms with Crippen LogP contribution in [0.5, 0.6) is 11.5 Å². The molecule has 4 saturated carbocycles. The van der Waals surface area contributed by atoms with E-state index in [0.29, 0.717) is 29.6 Å². The fourth-order valence-corrected chi connectivity index (χ4v) is 12.6. The van der Waals surface area contributed by atoms with Crippen molar-refractivity contribution in [2.45, 2.75) is 161 Å². The van der Waals surface area contributed by atoms with Crippen molar-refractivity contribution in [1.29, 1.82) is 0 Å². The second-order valence-corrected chi connectivity index (χ2v) is 20.9. The fourth-order valence-electron chi connectivity index (χ4n) is 12.6. The first kappa shape index (κ1) is 45.0. The van der Waals surface area contributed by atoms with Crippen LogP contribution in [0.2, 0.25) is 0 Å². The lowest BCUT2D eigenvalue weighted by atomic mass is 9.72. The normalized spacial score (nSPS) is 23.3. The first-order chi connectivity index (χ1) is 31.2. The van der Waals surface area contributed by atoms with Crippen LogP contribution >= 0.6 is 0 Å². The van der Waals surface area contributed by atoms with Crippen LogP contribution in [0.1, 0.15) is 146 Å². The summed E-state index contributed by atoms with van der Waals surface area (Å²) >= 11 is 0. The van der Waals surface area contributed by atoms with Crippen molar-refractivity contribution in [2.75, 3.05) is 32.8 Å². The number of carbonyl (C=O) groups is 2. The SMILES string of the molecule is CCOC(=O)C1CCN(Cc2ccc3cc(OC4CCC5(CCCC5)CC4)ccc3c2)CC1.O=C(O)C1CCN(Cc2ccc3cc(OC4CCC5(CCCC5)CC4)ccc3c2)CC1. The maximum Gasteiger partial charge on any atom is 0.309 e. The molecule has 64 heavy (non-hydrogen) atoms. The maximum absolute atomic E-state index is 12.0. The molecule has 6 aliphatic rings. The van der Waals surface area contributed by atoms with Gasteiger partial charge in [0.25, 0.3) is 0 Å². The van der Waals surface area contributed by atoms with Crippen LogP contribution in [0.4, 0.5) is 0 Å². The van der Waals surface area contributed by atoms with Crippen LogP contribution in [-0.4, -0.2) is 71.8 Å². The summed E-state index contributed by atoms with van der Waals surface area (Å²) in [5.74, 6) is 1.26. The minimum atomic E-state index is -0.644. The van der Waals surface area contributed by atoms with Gasteiger partial charge in [-0.25, -0.2) is 0 Å². The summed E-state index contributed by atoms with van der Waals surface area (Å²) < 4.78 is 18.0. The van der Waals surface area contributed by atoms with Gasteiger partial charge in [0, 0.05) is 13.1 Å². The molecule has 0 atom stereocenters. The highest BCUT2D eigenvalue weighted by Gasteiger charge is 2.39. The second kappa shape index (κ2) is 20.6. The van der Waals surface area contributed by atoms with Crippen LogP contribution in [0.3, 0.4) is 0 Å². The maximum atomic E-state index is 12.0. The van der Waals surface area contributed by atoms with E-state index < -0.39 is 5.97 Å². The predicted octanol–water partition coefficient (Wildman–Crippen LogP) is 12.5. The molecule has 8 heteroatoms. The van der Waals surface area contributed by atoms with E-state index in [1.165, 1.54) is 135 Å². The van der Waals surface area contributed by atoms with Crippen molar-refractivity contribution in [3.05, 3.63) is 83.9 Å². The molecule has 0 amide bonds. The van der Waals surface area contributed by atoms with Crippen LogP contribution in [0.15, 0.2) is 72.8 Å². The molecule has 4 aromatic carbocycles. The number of carboxylic acid groups (broad SMARTS) is 1. The predicted molar refractivity (Wildman–Crippen MR) is 256 cm³/mol. The van der Waals surface area contributed by atoms with E-state index in [-0.39, 0.29) is 17.8 Å². The summed E-state index contributed by atoms with van der Waals surface area (Å²) in [6.45, 7) is 7.83. The van der Waals surface area contributed by atoms with E-state index in [1.807, 2.05) is 6.92 Å². The standard InChI is InChI=1S/C29H39NO3.C27H35NO3/c1-2-32-28(31)23-11-17-30(18-12-23)21-22-5-6-25-20-27(8-7-24(25)19-22)33-26-9-15-29(16-10-26)13-3-4-14-29;29-26(30)21-9-15-28(16-10-21)19-20-3-4-23-18-25(6-5-22(23)17-20)31-24-7-13-27(14-8-24)11-1-2-12-27/h5-8,19-20,23,26H,2-4,9-18,21H2,1H3;3-6,17-18,21,24H,1-2,7-16,19H2,(H,29,30). The number of rotatable bonds is 11. The fraction of sp³-hybridized carbons (Fsp3) is 0.607. The summed E-state index contributed by atoms with van der Waals surface area (Å²) in [6, 6.07) is 26.5. The van der Waals surface area contributed by atoms with Crippen LogP contribution < -0.4 is 9.47 Å². The lowest BCUT2D eigenvalue weighted by Crippen LogP contribution is -2.36. The average molecular weight is 871 g/mol. The lowest BCUT2D eigenvalue weighted by molar-refractivity contribution is -0.149. The van der Waals surface area contributed by atoms with Gasteiger partial charge < -0.3 is 19.3 Å². The number of hydrogen-bond donors (Lipinski definition) is 1. The van der Waals surface area contributed by atoms with Gasteiger partial charge >= 0.3 is 11.9 Å². The minimum Gasteiger partial charge on any atom is -0.490 e. The first-order valence-electron chi connectivity index (χ1n) is 25.4. The van der Waals surface area contributed by atoms with Gasteiger partial charge in [-0.2, -0.15) is 0 Å². The number of hydrogen-bond acceptors (Lipinski definition) is 7. The third-order valence-corrected chi connectivity index (χ3v) is 16.6. The Morgan fingerprint density at radius 3 is 1.33 bits per heavy atom. The highest BCUT2D eigenvalue weighted by atomic mass is 16.5. The van der Waals surface area contributed by atoms with Crippen molar-refractivity contribution < 1.29 is 28.9 Å². The molecule has 0 radical (unpaired) electrons. The Bertz CT molecular complexity index is 2170. The zero-order valence-corrected chi connectivity index (χ0v) is 38.7. The Morgan fingerprint density at radius 2 is 0.922 bits per heavy atom.